The molecule has 0 heterocycles. The molecule has 0 fully saturated rings. The lowest BCUT2D eigenvalue weighted by molar-refractivity contribution is -0.123. The summed E-state index contributed by atoms with van der Waals surface area (Å²) >= 11 is 0. The van der Waals surface area contributed by atoms with Gasteiger partial charge in [-0.2, -0.15) is 0 Å². The number of nitrogens with one attached hydrogen (secondary N) is 2. The Morgan fingerprint density at radius 2 is 1.63 bits per heavy atom. The van der Waals surface area contributed by atoms with Gasteiger partial charge in [0.1, 0.15) is 11.5 Å². The molecule has 2 aromatic rings. The number of benzene rings is 2. The van der Waals surface area contributed by atoms with Gasteiger partial charge in [-0.05, 0) is 49.2 Å². The molecule has 30 heavy (non-hydrogen) atoms. The Bertz CT molecular complexity index is 864. The van der Waals surface area contributed by atoms with Gasteiger partial charge in [-0.1, -0.05) is 26.0 Å². The largest absolute Gasteiger partial charge is 0.492 e. The highest BCUT2D eigenvalue weighted by Gasteiger charge is 2.14. The van der Waals surface area contributed by atoms with Crippen molar-refractivity contribution >= 4 is 17.8 Å². The molecule has 0 saturated heterocycles. The molecule has 8 heteroatoms. The van der Waals surface area contributed by atoms with Gasteiger partial charge in [0.25, 0.3) is 11.8 Å². The number of carbonyl (C=O) groups is 3. The standard InChI is InChI=1S/C22H26N2O6/c1-4-28-22(27)16-9-11-17(12-10-16)29-14-20(25)23-24-21(26)18-7-5-6-8-19(18)30-13-15(2)3/h5-12,15H,4,13-14H2,1-3H3,(H,23,25)(H,24,26). The number of esters is 1. The molecule has 0 unspecified atom stereocenters. The Hall–Kier alpha value is -3.55. The van der Waals surface area contributed by atoms with Crippen LogP contribution in [0.15, 0.2) is 48.5 Å². The fraction of sp³-hybridized carbons (Fsp3) is 0.318. The van der Waals surface area contributed by atoms with Gasteiger partial charge in [0.05, 0.1) is 24.3 Å². The number of hydrogen-bond donors (Lipinski definition) is 2. The molecule has 0 radical (unpaired) electrons. The molecule has 8 nitrogen and oxygen atoms in total. The van der Waals surface area contributed by atoms with Crippen LogP contribution in [0.3, 0.4) is 0 Å². The highest BCUT2D eigenvalue weighted by Crippen LogP contribution is 2.18. The first kappa shape index (κ1) is 22.7. The minimum Gasteiger partial charge on any atom is -0.492 e. The number of rotatable bonds is 9. The molecular formula is C22H26N2O6. The summed E-state index contributed by atoms with van der Waals surface area (Å²) in [5.74, 6) is -0.320. The molecule has 2 N–H and O–H groups in total. The summed E-state index contributed by atoms with van der Waals surface area (Å²) in [6, 6.07) is 13.0. The van der Waals surface area contributed by atoms with Gasteiger partial charge in [-0.3, -0.25) is 20.4 Å². The molecule has 0 saturated carbocycles. The highest BCUT2D eigenvalue weighted by atomic mass is 16.5. The topological polar surface area (TPSA) is 103 Å². The SMILES string of the molecule is CCOC(=O)c1ccc(OCC(=O)NNC(=O)c2ccccc2OCC(C)C)cc1. The van der Waals surface area contributed by atoms with Crippen molar-refractivity contribution < 1.29 is 28.6 Å². The minimum atomic E-state index is -0.543. The molecule has 0 atom stereocenters. The van der Waals surface area contributed by atoms with Crippen LogP contribution in [0, 0.1) is 5.92 Å². The van der Waals surface area contributed by atoms with Crippen molar-refractivity contribution in [2.45, 2.75) is 20.8 Å². The molecule has 0 aliphatic rings. The van der Waals surface area contributed by atoms with E-state index in [1.807, 2.05) is 13.8 Å². The van der Waals surface area contributed by atoms with Crippen molar-refractivity contribution in [3.63, 3.8) is 0 Å². The van der Waals surface area contributed by atoms with Crippen LogP contribution in [-0.2, 0) is 9.53 Å². The number of carbonyl (C=O) groups excluding carboxylic acids is 3. The van der Waals surface area contributed by atoms with E-state index in [0.717, 1.165) is 0 Å². The summed E-state index contributed by atoms with van der Waals surface area (Å²) in [7, 11) is 0. The number of hydrogen-bond acceptors (Lipinski definition) is 6. The summed E-state index contributed by atoms with van der Waals surface area (Å²) in [6.07, 6.45) is 0. The maximum absolute atomic E-state index is 12.4. The van der Waals surface area contributed by atoms with Crippen LogP contribution in [0.1, 0.15) is 41.5 Å². The van der Waals surface area contributed by atoms with Crippen LogP contribution in [0.2, 0.25) is 0 Å². The lowest BCUT2D eigenvalue weighted by atomic mass is 10.2. The molecular weight excluding hydrogens is 388 g/mol. The zero-order chi connectivity index (χ0) is 21.9. The van der Waals surface area contributed by atoms with Crippen molar-refractivity contribution in [3.8, 4) is 11.5 Å². The average molecular weight is 414 g/mol. The van der Waals surface area contributed by atoms with Gasteiger partial charge in [0.2, 0.25) is 0 Å². The van der Waals surface area contributed by atoms with Gasteiger partial charge in [0.15, 0.2) is 6.61 Å². The summed E-state index contributed by atoms with van der Waals surface area (Å²) < 4.78 is 15.9. The second-order valence-electron chi connectivity index (χ2n) is 6.74. The van der Waals surface area contributed by atoms with Gasteiger partial charge in [0, 0.05) is 0 Å². The van der Waals surface area contributed by atoms with Crippen LogP contribution in [0.5, 0.6) is 11.5 Å². The van der Waals surface area contributed by atoms with E-state index in [1.54, 1.807) is 55.5 Å². The molecule has 0 bridgehead atoms. The number of amides is 2. The van der Waals surface area contributed by atoms with Gasteiger partial charge < -0.3 is 14.2 Å². The van der Waals surface area contributed by atoms with Crippen molar-refractivity contribution in [1.82, 2.24) is 10.9 Å². The lowest BCUT2D eigenvalue weighted by Crippen LogP contribution is -2.44. The van der Waals surface area contributed by atoms with Crippen molar-refractivity contribution in [1.29, 1.82) is 0 Å². The predicted octanol–water partition coefficient (Wildman–Crippen LogP) is 2.74. The maximum atomic E-state index is 12.4. The fourth-order valence-electron chi connectivity index (χ4n) is 2.32. The Balaban J connectivity index is 1.82. The van der Waals surface area contributed by atoms with Crippen molar-refractivity contribution in [3.05, 3.63) is 59.7 Å². The summed E-state index contributed by atoms with van der Waals surface area (Å²) in [6.45, 7) is 6.19. The van der Waals surface area contributed by atoms with E-state index < -0.39 is 17.8 Å². The number of para-hydroxylation sites is 1. The Kier molecular flexibility index (Phi) is 8.68. The molecule has 160 valence electrons. The zero-order valence-electron chi connectivity index (χ0n) is 17.3. The summed E-state index contributed by atoms with van der Waals surface area (Å²) in [4.78, 5) is 35.9. The summed E-state index contributed by atoms with van der Waals surface area (Å²) in [5.41, 5.74) is 5.34. The van der Waals surface area contributed by atoms with Crippen LogP contribution < -0.4 is 20.3 Å². The van der Waals surface area contributed by atoms with Gasteiger partial charge in [-0.15, -0.1) is 0 Å². The first-order valence-electron chi connectivity index (χ1n) is 9.61. The van der Waals surface area contributed by atoms with Crippen LogP contribution in [-0.4, -0.2) is 37.6 Å². The highest BCUT2D eigenvalue weighted by molar-refractivity contribution is 5.97. The normalized spacial score (nSPS) is 10.3. The monoisotopic (exact) mass is 414 g/mol. The van der Waals surface area contributed by atoms with E-state index in [2.05, 4.69) is 10.9 Å². The number of hydrazine groups is 1. The van der Waals surface area contributed by atoms with Gasteiger partial charge >= 0.3 is 5.97 Å². The smallest absolute Gasteiger partial charge is 0.338 e. The molecule has 0 aliphatic heterocycles. The maximum Gasteiger partial charge on any atom is 0.338 e. The molecule has 2 amide bonds. The zero-order valence-corrected chi connectivity index (χ0v) is 17.3. The molecule has 2 aromatic carbocycles. The average Bonchev–Trinajstić information content (AvgIpc) is 2.75. The molecule has 2 rings (SSSR count). The molecule has 0 aromatic heterocycles. The van der Waals surface area contributed by atoms with E-state index in [-0.39, 0.29) is 13.2 Å². The minimum absolute atomic E-state index is 0.289. The Morgan fingerprint density at radius 3 is 2.30 bits per heavy atom. The Morgan fingerprint density at radius 1 is 0.933 bits per heavy atom. The van der Waals surface area contributed by atoms with E-state index in [4.69, 9.17) is 14.2 Å². The molecule has 0 spiro atoms. The van der Waals surface area contributed by atoms with Crippen molar-refractivity contribution in [2.24, 2.45) is 5.92 Å². The second kappa shape index (κ2) is 11.5. The van der Waals surface area contributed by atoms with E-state index >= 15 is 0 Å². The Labute approximate surface area is 175 Å². The first-order chi connectivity index (χ1) is 14.4. The van der Waals surface area contributed by atoms with Crippen LogP contribution in [0.25, 0.3) is 0 Å². The van der Waals surface area contributed by atoms with Crippen LogP contribution in [0.4, 0.5) is 0 Å². The quantitative estimate of drug-likeness (QED) is 0.483. The summed E-state index contributed by atoms with van der Waals surface area (Å²) in [5, 5.41) is 0. The fourth-order valence-corrected chi connectivity index (χ4v) is 2.32. The third-order valence-electron chi connectivity index (χ3n) is 3.75. The van der Waals surface area contributed by atoms with E-state index in [1.165, 1.54) is 0 Å². The number of ether oxygens (including phenoxy) is 3. The van der Waals surface area contributed by atoms with Crippen LogP contribution >= 0.6 is 0 Å². The van der Waals surface area contributed by atoms with Crippen molar-refractivity contribution in [2.75, 3.05) is 19.8 Å². The van der Waals surface area contributed by atoms with E-state index in [0.29, 0.717) is 35.2 Å². The lowest BCUT2D eigenvalue weighted by Gasteiger charge is -2.13. The second-order valence-corrected chi connectivity index (χ2v) is 6.74. The predicted molar refractivity (Wildman–Crippen MR) is 110 cm³/mol. The van der Waals surface area contributed by atoms with Gasteiger partial charge in [-0.25, -0.2) is 4.79 Å². The van der Waals surface area contributed by atoms with E-state index in [9.17, 15) is 14.4 Å². The first-order valence-corrected chi connectivity index (χ1v) is 9.61. The third kappa shape index (κ3) is 7.12. The molecule has 0 aliphatic carbocycles. The third-order valence-corrected chi connectivity index (χ3v) is 3.75.